The minimum absolute atomic E-state index is 0.132. The predicted molar refractivity (Wildman–Crippen MR) is 74.6 cm³/mol. The molecule has 0 aromatic heterocycles. The van der Waals surface area contributed by atoms with E-state index < -0.39 is 6.10 Å². The second-order valence-electron chi connectivity index (χ2n) is 5.94. The molecule has 2 nitrogen and oxygen atoms in total. The summed E-state index contributed by atoms with van der Waals surface area (Å²) in [4.78, 5) is 12.0. The maximum atomic E-state index is 12.0. The van der Waals surface area contributed by atoms with Crippen LogP contribution in [0.1, 0.15) is 44.0 Å². The van der Waals surface area contributed by atoms with Crippen molar-refractivity contribution in [2.24, 2.45) is 5.41 Å². The van der Waals surface area contributed by atoms with E-state index in [1.54, 1.807) is 24.3 Å². The van der Waals surface area contributed by atoms with Gasteiger partial charge in [0.15, 0.2) is 5.78 Å². The summed E-state index contributed by atoms with van der Waals surface area (Å²) in [5.74, 6) is -0.231. The lowest BCUT2D eigenvalue weighted by Gasteiger charge is -2.21. The van der Waals surface area contributed by atoms with E-state index in [4.69, 9.17) is 0 Å². The van der Waals surface area contributed by atoms with Crippen molar-refractivity contribution in [1.82, 2.24) is 0 Å². The summed E-state index contributed by atoms with van der Waals surface area (Å²) in [6.45, 7) is 10.3. The Kier molecular flexibility index (Phi) is 4.85. The van der Waals surface area contributed by atoms with Crippen molar-refractivity contribution in [3.63, 3.8) is 0 Å². The highest BCUT2D eigenvalue weighted by Crippen LogP contribution is 2.25. The molecule has 0 bridgehead atoms. The van der Waals surface area contributed by atoms with Crippen molar-refractivity contribution in [2.75, 3.05) is 0 Å². The number of hydrogen-bond donors (Lipinski definition) is 1. The Balaban J connectivity index is 2.59. The second-order valence-corrected chi connectivity index (χ2v) is 5.94. The number of hydrogen-bond acceptors (Lipinski definition) is 2. The number of benzene rings is 1. The van der Waals surface area contributed by atoms with Gasteiger partial charge in [0.05, 0.1) is 0 Å². The molecule has 2 heteroatoms. The Morgan fingerprint density at radius 2 is 1.83 bits per heavy atom. The van der Waals surface area contributed by atoms with Crippen LogP contribution in [-0.2, 0) is 0 Å². The first-order valence-corrected chi connectivity index (χ1v) is 6.23. The molecule has 0 fully saturated rings. The van der Waals surface area contributed by atoms with E-state index in [1.165, 1.54) is 0 Å². The van der Waals surface area contributed by atoms with Crippen molar-refractivity contribution in [3.05, 3.63) is 48.0 Å². The summed E-state index contributed by atoms with van der Waals surface area (Å²) >= 11 is 0. The van der Waals surface area contributed by atoms with Crippen LogP contribution in [0, 0.1) is 5.41 Å². The number of rotatable bonds is 5. The fourth-order valence-electron chi connectivity index (χ4n) is 1.98. The summed E-state index contributed by atoms with van der Waals surface area (Å²) in [5, 5.41) is 9.93. The fourth-order valence-corrected chi connectivity index (χ4v) is 1.98. The van der Waals surface area contributed by atoms with E-state index >= 15 is 0 Å². The Labute approximate surface area is 109 Å². The van der Waals surface area contributed by atoms with Crippen molar-refractivity contribution in [2.45, 2.75) is 39.7 Å². The summed E-state index contributed by atoms with van der Waals surface area (Å²) in [7, 11) is 0. The minimum Gasteiger partial charge on any atom is -0.385 e. The standard InChI is InChI=1S/C16H22O2/c1-12(11-16(2,3)4)10-14(17)15(18)13-8-6-5-7-9-13/h5-9,14,17H,1,10-11H2,2-4H3/t14-/m1/s1. The van der Waals surface area contributed by atoms with E-state index in [0.717, 1.165) is 12.0 Å². The summed E-state index contributed by atoms with van der Waals surface area (Å²) < 4.78 is 0. The molecular weight excluding hydrogens is 224 g/mol. The molecule has 0 amide bonds. The topological polar surface area (TPSA) is 37.3 Å². The number of ketones is 1. The number of carbonyl (C=O) groups is 1. The first kappa shape index (κ1) is 14.7. The maximum Gasteiger partial charge on any atom is 0.191 e. The first-order valence-electron chi connectivity index (χ1n) is 6.23. The highest BCUT2D eigenvalue weighted by atomic mass is 16.3. The lowest BCUT2D eigenvalue weighted by atomic mass is 9.86. The molecule has 0 saturated heterocycles. The van der Waals surface area contributed by atoms with Gasteiger partial charge in [0.1, 0.15) is 6.10 Å². The average molecular weight is 246 g/mol. The number of Topliss-reactive ketones (excluding diaryl/α,β-unsaturated/α-hetero) is 1. The van der Waals surface area contributed by atoms with Gasteiger partial charge in [-0.3, -0.25) is 4.79 Å². The van der Waals surface area contributed by atoms with Crippen molar-refractivity contribution < 1.29 is 9.90 Å². The Bertz CT molecular complexity index is 412. The maximum absolute atomic E-state index is 12.0. The van der Waals surface area contributed by atoms with Gasteiger partial charge < -0.3 is 5.11 Å². The molecule has 1 N–H and O–H groups in total. The average Bonchev–Trinajstić information content (AvgIpc) is 2.26. The van der Waals surface area contributed by atoms with Crippen LogP contribution >= 0.6 is 0 Å². The van der Waals surface area contributed by atoms with Crippen LogP contribution < -0.4 is 0 Å². The van der Waals surface area contributed by atoms with E-state index in [1.807, 2.05) is 6.07 Å². The molecule has 1 atom stereocenters. The van der Waals surface area contributed by atoms with E-state index in [2.05, 4.69) is 27.4 Å². The quantitative estimate of drug-likeness (QED) is 0.636. The van der Waals surface area contributed by atoms with E-state index in [-0.39, 0.29) is 11.2 Å². The third-order valence-electron chi connectivity index (χ3n) is 2.62. The lowest BCUT2D eigenvalue weighted by Crippen LogP contribution is -2.22. The predicted octanol–water partition coefficient (Wildman–Crippen LogP) is 3.61. The zero-order valence-electron chi connectivity index (χ0n) is 11.4. The van der Waals surface area contributed by atoms with Gasteiger partial charge in [-0.2, -0.15) is 0 Å². The van der Waals surface area contributed by atoms with Gasteiger partial charge in [0.25, 0.3) is 0 Å². The molecule has 0 radical (unpaired) electrons. The van der Waals surface area contributed by atoms with Gasteiger partial charge >= 0.3 is 0 Å². The highest BCUT2D eigenvalue weighted by molar-refractivity contribution is 5.99. The molecule has 1 aromatic carbocycles. The SMILES string of the molecule is C=C(C[C@@H](O)C(=O)c1ccccc1)CC(C)(C)C. The number of carbonyl (C=O) groups excluding carboxylic acids is 1. The van der Waals surface area contributed by atoms with Gasteiger partial charge in [0.2, 0.25) is 0 Å². The summed E-state index contributed by atoms with van der Waals surface area (Å²) in [6, 6.07) is 8.88. The molecule has 0 aliphatic carbocycles. The van der Waals surface area contributed by atoms with Gasteiger partial charge in [0, 0.05) is 12.0 Å². The minimum atomic E-state index is -0.984. The number of aliphatic hydroxyl groups is 1. The summed E-state index contributed by atoms with van der Waals surface area (Å²) in [5.41, 5.74) is 1.60. The van der Waals surface area contributed by atoms with Crippen molar-refractivity contribution in [3.8, 4) is 0 Å². The van der Waals surface area contributed by atoms with Crippen LogP contribution in [0.15, 0.2) is 42.5 Å². The molecular formula is C16H22O2. The molecule has 1 aromatic rings. The summed E-state index contributed by atoms with van der Waals surface area (Å²) in [6.07, 6.45) is 0.166. The number of aliphatic hydroxyl groups excluding tert-OH is 1. The van der Waals surface area contributed by atoms with Crippen LogP contribution in [0.2, 0.25) is 0 Å². The molecule has 1 rings (SSSR count). The Hall–Kier alpha value is -1.41. The molecule has 0 saturated carbocycles. The normalized spacial score (nSPS) is 13.1. The molecule has 18 heavy (non-hydrogen) atoms. The van der Waals surface area contributed by atoms with Gasteiger partial charge in [-0.05, 0) is 11.8 Å². The van der Waals surface area contributed by atoms with Crippen LogP contribution in [0.4, 0.5) is 0 Å². The molecule has 0 heterocycles. The van der Waals surface area contributed by atoms with Gasteiger partial charge in [-0.1, -0.05) is 63.3 Å². The molecule has 0 aliphatic heterocycles. The lowest BCUT2D eigenvalue weighted by molar-refractivity contribution is 0.0744. The van der Waals surface area contributed by atoms with E-state index in [9.17, 15) is 9.90 Å². The van der Waals surface area contributed by atoms with Gasteiger partial charge in [-0.25, -0.2) is 0 Å². The van der Waals surface area contributed by atoms with Crippen LogP contribution in [-0.4, -0.2) is 17.0 Å². The Morgan fingerprint density at radius 1 is 1.28 bits per heavy atom. The Morgan fingerprint density at radius 3 is 2.33 bits per heavy atom. The van der Waals surface area contributed by atoms with Crippen LogP contribution in [0.5, 0.6) is 0 Å². The zero-order valence-corrected chi connectivity index (χ0v) is 11.4. The highest BCUT2D eigenvalue weighted by Gasteiger charge is 2.20. The van der Waals surface area contributed by atoms with Crippen LogP contribution in [0.25, 0.3) is 0 Å². The molecule has 0 spiro atoms. The first-order chi connectivity index (χ1) is 8.29. The monoisotopic (exact) mass is 246 g/mol. The van der Waals surface area contributed by atoms with Crippen molar-refractivity contribution in [1.29, 1.82) is 0 Å². The zero-order chi connectivity index (χ0) is 13.8. The molecule has 98 valence electrons. The molecule has 0 unspecified atom stereocenters. The van der Waals surface area contributed by atoms with E-state index in [0.29, 0.717) is 12.0 Å². The fraction of sp³-hybridized carbons (Fsp3) is 0.438. The largest absolute Gasteiger partial charge is 0.385 e. The van der Waals surface area contributed by atoms with Crippen LogP contribution in [0.3, 0.4) is 0 Å². The van der Waals surface area contributed by atoms with Crippen molar-refractivity contribution >= 4 is 5.78 Å². The third-order valence-corrected chi connectivity index (χ3v) is 2.62. The van der Waals surface area contributed by atoms with Gasteiger partial charge in [-0.15, -0.1) is 0 Å². The smallest absolute Gasteiger partial charge is 0.191 e. The molecule has 0 aliphatic rings. The third kappa shape index (κ3) is 4.84. The second kappa shape index (κ2) is 5.96.